The number of aliphatic hydroxyl groups is 1. The summed E-state index contributed by atoms with van der Waals surface area (Å²) in [5.41, 5.74) is 1.94. The quantitative estimate of drug-likeness (QED) is 0.528. The summed E-state index contributed by atoms with van der Waals surface area (Å²) in [4.78, 5) is 13.0. The Morgan fingerprint density at radius 2 is 2.00 bits per heavy atom. The van der Waals surface area contributed by atoms with Gasteiger partial charge in [-0.2, -0.15) is 0 Å². The van der Waals surface area contributed by atoms with Crippen molar-refractivity contribution in [1.29, 1.82) is 0 Å². The van der Waals surface area contributed by atoms with E-state index in [1.165, 1.54) is 17.9 Å². The molecule has 1 aliphatic rings. The van der Waals surface area contributed by atoms with Crippen LogP contribution < -0.4 is 10.2 Å². The molecule has 0 bridgehead atoms. The van der Waals surface area contributed by atoms with E-state index in [-0.39, 0.29) is 28.0 Å². The molecule has 162 valence electrons. The van der Waals surface area contributed by atoms with Gasteiger partial charge in [-0.15, -0.1) is 0 Å². The molecule has 0 amide bonds. The van der Waals surface area contributed by atoms with Crippen LogP contribution in [0.15, 0.2) is 57.5 Å². The van der Waals surface area contributed by atoms with Gasteiger partial charge in [-0.25, -0.2) is 0 Å². The molecule has 2 atom stereocenters. The van der Waals surface area contributed by atoms with Crippen LogP contribution in [0, 0.1) is 0 Å². The molecule has 0 aliphatic carbocycles. The molecule has 2 aromatic carbocycles. The van der Waals surface area contributed by atoms with Gasteiger partial charge in [0.05, 0.1) is 11.7 Å². The van der Waals surface area contributed by atoms with Gasteiger partial charge in [-0.05, 0) is 56.9 Å². The van der Waals surface area contributed by atoms with E-state index in [9.17, 15) is 20.1 Å². The maximum Gasteiger partial charge on any atom is 0.204 e. The number of aliphatic hydroxyl groups excluding tert-OH is 1. The van der Waals surface area contributed by atoms with Crippen LogP contribution in [-0.2, 0) is 6.42 Å². The van der Waals surface area contributed by atoms with Crippen molar-refractivity contribution < 1.29 is 24.5 Å². The van der Waals surface area contributed by atoms with E-state index in [0.29, 0.717) is 24.2 Å². The van der Waals surface area contributed by atoms with Crippen LogP contribution in [0.4, 0.5) is 0 Å². The first-order chi connectivity index (χ1) is 14.7. The van der Waals surface area contributed by atoms with E-state index in [4.69, 9.17) is 9.15 Å². The van der Waals surface area contributed by atoms with Gasteiger partial charge in [-0.3, -0.25) is 4.79 Å². The summed E-state index contributed by atoms with van der Waals surface area (Å²) in [6.45, 7) is 6.01. The number of hydrogen-bond donors (Lipinski definition) is 3. The second-order valence-corrected chi connectivity index (χ2v) is 8.59. The van der Waals surface area contributed by atoms with Crippen LogP contribution >= 0.6 is 0 Å². The molecule has 0 spiro atoms. The zero-order valence-corrected chi connectivity index (χ0v) is 17.8. The van der Waals surface area contributed by atoms with Crippen LogP contribution in [0.2, 0.25) is 0 Å². The Kier molecular flexibility index (Phi) is 5.27. The molecule has 0 unspecified atom stereocenters. The summed E-state index contributed by atoms with van der Waals surface area (Å²) in [6.07, 6.45) is 4.69. The van der Waals surface area contributed by atoms with E-state index in [2.05, 4.69) is 6.08 Å². The summed E-state index contributed by atoms with van der Waals surface area (Å²) < 4.78 is 11.7. The van der Waals surface area contributed by atoms with E-state index < -0.39 is 17.1 Å². The lowest BCUT2D eigenvalue weighted by molar-refractivity contribution is -0.0587. The first kappa shape index (κ1) is 21.0. The fourth-order valence-electron chi connectivity index (χ4n) is 4.03. The highest BCUT2D eigenvalue weighted by atomic mass is 16.5. The number of benzene rings is 2. The molecule has 0 fully saturated rings. The predicted molar refractivity (Wildman–Crippen MR) is 119 cm³/mol. The minimum absolute atomic E-state index is 0.0103. The summed E-state index contributed by atoms with van der Waals surface area (Å²) in [6, 6.07) is 7.77. The van der Waals surface area contributed by atoms with Gasteiger partial charge in [0.1, 0.15) is 40.1 Å². The smallest absolute Gasteiger partial charge is 0.204 e. The molecule has 0 saturated carbocycles. The zero-order chi connectivity index (χ0) is 22.3. The Labute approximate surface area is 180 Å². The molecule has 4 rings (SSSR count). The maximum atomic E-state index is 13.0. The van der Waals surface area contributed by atoms with Crippen molar-refractivity contribution in [2.45, 2.75) is 51.7 Å². The average molecular weight is 422 g/mol. The number of phenols is 2. The van der Waals surface area contributed by atoms with Crippen LogP contribution in [0.3, 0.4) is 0 Å². The second-order valence-electron chi connectivity index (χ2n) is 8.59. The zero-order valence-electron chi connectivity index (χ0n) is 17.8. The molecular formula is C25H26O6. The fraction of sp³-hybridized carbons (Fsp3) is 0.320. The van der Waals surface area contributed by atoms with Crippen LogP contribution in [0.25, 0.3) is 22.1 Å². The van der Waals surface area contributed by atoms with Gasteiger partial charge in [0, 0.05) is 18.6 Å². The van der Waals surface area contributed by atoms with Crippen LogP contribution in [-0.4, -0.2) is 27.0 Å². The molecule has 3 N–H and O–H groups in total. The molecule has 0 saturated heterocycles. The third kappa shape index (κ3) is 3.91. The molecule has 6 heteroatoms. The van der Waals surface area contributed by atoms with Crippen LogP contribution in [0.5, 0.6) is 17.2 Å². The average Bonchev–Trinajstić information content (AvgIpc) is 2.68. The monoisotopic (exact) mass is 422 g/mol. The summed E-state index contributed by atoms with van der Waals surface area (Å²) in [7, 11) is 0. The topological polar surface area (TPSA) is 100 Å². The fourth-order valence-corrected chi connectivity index (χ4v) is 4.03. The molecule has 6 nitrogen and oxygen atoms in total. The highest BCUT2D eigenvalue weighted by molar-refractivity contribution is 5.88. The van der Waals surface area contributed by atoms with Gasteiger partial charge >= 0.3 is 0 Å². The number of phenolic OH excluding ortho intramolecular Hbond substituents is 2. The molecule has 31 heavy (non-hydrogen) atoms. The minimum Gasteiger partial charge on any atom is -0.508 e. The van der Waals surface area contributed by atoms with Gasteiger partial charge in [0.2, 0.25) is 5.43 Å². The minimum atomic E-state index is -0.684. The number of rotatable bonds is 4. The van der Waals surface area contributed by atoms with Gasteiger partial charge < -0.3 is 24.5 Å². The molecule has 1 aromatic heterocycles. The van der Waals surface area contributed by atoms with Crippen molar-refractivity contribution in [3.8, 4) is 28.4 Å². The van der Waals surface area contributed by atoms with E-state index in [1.807, 2.05) is 26.8 Å². The standard InChI is InChI=1S/C25H26O6/c1-14(2)5-4-8-25(3)22(28)10-16-9-15(6-7-20(16)31-25)18-13-30-21-12-17(26)11-19(27)23(21)24(18)29/h5-7,9,11-13,22,26-28H,4,8,10H2,1-3H3/t22-,25+/m1/s1. The van der Waals surface area contributed by atoms with Gasteiger partial charge in [0.15, 0.2) is 0 Å². The lowest BCUT2D eigenvalue weighted by Crippen LogP contribution is -2.48. The Hall–Kier alpha value is -3.25. The van der Waals surface area contributed by atoms with Gasteiger partial charge in [0.25, 0.3) is 0 Å². The highest BCUT2D eigenvalue weighted by Crippen LogP contribution is 2.38. The summed E-state index contributed by atoms with van der Waals surface area (Å²) in [5, 5.41) is 30.5. The molecule has 3 aromatic rings. The van der Waals surface area contributed by atoms with E-state index in [0.717, 1.165) is 18.1 Å². The number of fused-ring (bicyclic) bond motifs is 2. The third-order valence-corrected chi connectivity index (χ3v) is 5.87. The number of aromatic hydroxyl groups is 2. The van der Waals surface area contributed by atoms with Crippen molar-refractivity contribution in [2.24, 2.45) is 0 Å². The van der Waals surface area contributed by atoms with Crippen molar-refractivity contribution in [3.05, 3.63) is 64.0 Å². The Morgan fingerprint density at radius 3 is 2.74 bits per heavy atom. The Balaban J connectivity index is 1.69. The maximum absolute atomic E-state index is 13.0. The number of ether oxygens (including phenoxy) is 1. The third-order valence-electron chi connectivity index (χ3n) is 5.87. The van der Waals surface area contributed by atoms with Crippen molar-refractivity contribution in [2.75, 3.05) is 0 Å². The lowest BCUT2D eigenvalue weighted by atomic mass is 9.85. The SMILES string of the molecule is CC(C)=CCC[C@]1(C)Oc2ccc(-c3coc4cc(O)cc(O)c4c3=O)cc2C[C@H]1O. The first-order valence-electron chi connectivity index (χ1n) is 10.3. The van der Waals surface area contributed by atoms with E-state index in [1.54, 1.807) is 12.1 Å². The second kappa shape index (κ2) is 7.78. The Morgan fingerprint density at radius 1 is 1.23 bits per heavy atom. The Bertz CT molecular complexity index is 1230. The van der Waals surface area contributed by atoms with Gasteiger partial charge in [-0.1, -0.05) is 17.7 Å². The van der Waals surface area contributed by atoms with Crippen molar-refractivity contribution in [3.63, 3.8) is 0 Å². The summed E-state index contributed by atoms with van der Waals surface area (Å²) >= 11 is 0. The highest BCUT2D eigenvalue weighted by Gasteiger charge is 2.39. The van der Waals surface area contributed by atoms with Crippen molar-refractivity contribution in [1.82, 2.24) is 0 Å². The number of allylic oxidation sites excluding steroid dienone is 2. The predicted octanol–water partition coefficient (Wildman–Crippen LogP) is 4.67. The first-order valence-corrected chi connectivity index (χ1v) is 10.3. The van der Waals surface area contributed by atoms with Crippen molar-refractivity contribution >= 4 is 11.0 Å². The molecule has 1 aliphatic heterocycles. The van der Waals surface area contributed by atoms with E-state index >= 15 is 0 Å². The van der Waals surface area contributed by atoms with Crippen LogP contribution in [0.1, 0.15) is 39.2 Å². The normalized spacial score (nSPS) is 20.2. The summed E-state index contributed by atoms with van der Waals surface area (Å²) in [5.74, 6) is 0.162. The molecular weight excluding hydrogens is 396 g/mol. The molecule has 2 heterocycles. The largest absolute Gasteiger partial charge is 0.508 e. The number of hydrogen-bond acceptors (Lipinski definition) is 6. The lowest BCUT2D eigenvalue weighted by Gasteiger charge is -2.40. The molecule has 0 radical (unpaired) electrons.